The fraction of sp³-hybridized carbons (Fsp3) is 0.294. The van der Waals surface area contributed by atoms with E-state index in [0.29, 0.717) is 5.56 Å². The maximum Gasteiger partial charge on any atom is 0.233 e. The second-order valence-electron chi connectivity index (χ2n) is 5.22. The molecule has 122 valence electrons. The number of amides is 1. The van der Waals surface area contributed by atoms with Gasteiger partial charge >= 0.3 is 0 Å². The first-order valence-corrected chi connectivity index (χ1v) is 8.17. The van der Waals surface area contributed by atoms with Crippen molar-refractivity contribution in [2.24, 2.45) is 0 Å². The van der Waals surface area contributed by atoms with E-state index >= 15 is 0 Å². The number of carbonyl (C=O) groups excluding carboxylic acids is 1. The Kier molecular flexibility index (Phi) is 6.12. The quantitative estimate of drug-likeness (QED) is 0.798. The minimum atomic E-state index is -0.897. The van der Waals surface area contributed by atoms with Gasteiger partial charge in [-0.2, -0.15) is 0 Å². The first kappa shape index (κ1) is 17.4. The predicted octanol–water partition coefficient (Wildman–Crippen LogP) is 2.94. The monoisotopic (exact) mass is 334 g/mol. The zero-order valence-corrected chi connectivity index (χ0v) is 13.8. The molecule has 0 saturated heterocycles. The second-order valence-corrected chi connectivity index (χ2v) is 6.58. The molecule has 1 aromatic heterocycles. The van der Waals surface area contributed by atoms with Gasteiger partial charge in [0.1, 0.15) is 5.82 Å². The molecule has 1 heterocycles. The van der Waals surface area contributed by atoms with Gasteiger partial charge in [0, 0.05) is 6.20 Å². The van der Waals surface area contributed by atoms with Crippen LogP contribution in [0.25, 0.3) is 0 Å². The fourth-order valence-corrected chi connectivity index (χ4v) is 2.84. The van der Waals surface area contributed by atoms with Crippen LogP contribution in [0.15, 0.2) is 53.7 Å². The molecule has 2 aromatic rings. The molecule has 0 bridgehead atoms. The van der Waals surface area contributed by atoms with Crippen LogP contribution in [0.2, 0.25) is 0 Å². The fourth-order valence-electron chi connectivity index (χ4n) is 2.02. The molecule has 1 aromatic carbocycles. The first-order valence-electron chi connectivity index (χ1n) is 7.29. The molecule has 0 radical (unpaired) electrons. The van der Waals surface area contributed by atoms with Crippen LogP contribution in [-0.2, 0) is 4.79 Å². The summed E-state index contributed by atoms with van der Waals surface area (Å²) in [5.74, 6) is -0.549. The molecular weight excluding hydrogens is 315 g/mol. The summed E-state index contributed by atoms with van der Waals surface area (Å²) in [6.07, 6.45) is 0.778. The van der Waals surface area contributed by atoms with Crippen molar-refractivity contribution in [2.75, 3.05) is 0 Å². The molecule has 1 amide bonds. The summed E-state index contributed by atoms with van der Waals surface area (Å²) in [5, 5.41) is 13.5. The van der Waals surface area contributed by atoms with E-state index in [4.69, 9.17) is 0 Å². The van der Waals surface area contributed by atoms with Crippen LogP contribution < -0.4 is 5.32 Å². The van der Waals surface area contributed by atoms with Crippen LogP contribution in [0.3, 0.4) is 0 Å². The van der Waals surface area contributed by atoms with Gasteiger partial charge in [0.25, 0.3) is 0 Å². The van der Waals surface area contributed by atoms with Crippen LogP contribution in [-0.4, -0.2) is 27.3 Å². The van der Waals surface area contributed by atoms with Crippen molar-refractivity contribution in [1.82, 2.24) is 10.3 Å². The van der Waals surface area contributed by atoms with Crippen molar-refractivity contribution < 1.29 is 14.3 Å². The molecule has 0 aliphatic heterocycles. The molecule has 0 saturated carbocycles. The van der Waals surface area contributed by atoms with Crippen molar-refractivity contribution in [2.45, 2.75) is 36.3 Å². The topological polar surface area (TPSA) is 62.2 Å². The number of aliphatic hydroxyl groups is 1. The van der Waals surface area contributed by atoms with Crippen molar-refractivity contribution in [1.29, 1.82) is 0 Å². The van der Waals surface area contributed by atoms with E-state index in [-0.39, 0.29) is 17.0 Å². The van der Waals surface area contributed by atoms with Crippen LogP contribution >= 0.6 is 11.8 Å². The van der Waals surface area contributed by atoms with E-state index < -0.39 is 12.1 Å². The van der Waals surface area contributed by atoms with Gasteiger partial charge < -0.3 is 10.4 Å². The SMILES string of the molecule is CC(Sc1ccccn1)C(=O)NC(C)C(O)c1ccc(F)cc1. The minimum Gasteiger partial charge on any atom is -0.386 e. The molecule has 23 heavy (non-hydrogen) atoms. The van der Waals surface area contributed by atoms with Crippen molar-refractivity contribution >= 4 is 17.7 Å². The van der Waals surface area contributed by atoms with Gasteiger partial charge in [-0.15, -0.1) is 0 Å². The lowest BCUT2D eigenvalue weighted by Gasteiger charge is -2.22. The molecule has 2 rings (SSSR count). The molecule has 0 fully saturated rings. The summed E-state index contributed by atoms with van der Waals surface area (Å²) in [5.41, 5.74) is 0.559. The van der Waals surface area contributed by atoms with Gasteiger partial charge in [0.05, 0.1) is 22.4 Å². The average molecular weight is 334 g/mol. The largest absolute Gasteiger partial charge is 0.386 e. The Labute approximate surface area is 139 Å². The Morgan fingerprint density at radius 2 is 1.91 bits per heavy atom. The smallest absolute Gasteiger partial charge is 0.233 e. The summed E-state index contributed by atoms with van der Waals surface area (Å²) in [6, 6.07) is 10.6. The highest BCUT2D eigenvalue weighted by Crippen LogP contribution is 2.22. The van der Waals surface area contributed by atoms with E-state index in [0.717, 1.165) is 5.03 Å². The number of halogens is 1. The van der Waals surface area contributed by atoms with Gasteiger partial charge in [0.15, 0.2) is 0 Å². The van der Waals surface area contributed by atoms with Gasteiger partial charge in [-0.05, 0) is 43.7 Å². The third-order valence-electron chi connectivity index (χ3n) is 3.36. The third kappa shape index (κ3) is 5.04. The van der Waals surface area contributed by atoms with Gasteiger partial charge in [-0.3, -0.25) is 4.79 Å². The molecule has 3 atom stereocenters. The number of thioether (sulfide) groups is 1. The van der Waals surface area contributed by atoms with Gasteiger partial charge in [-0.1, -0.05) is 30.0 Å². The molecule has 0 spiro atoms. The number of benzene rings is 1. The van der Waals surface area contributed by atoms with Crippen LogP contribution in [0.1, 0.15) is 25.5 Å². The Hall–Kier alpha value is -1.92. The lowest BCUT2D eigenvalue weighted by Crippen LogP contribution is -2.41. The maximum absolute atomic E-state index is 12.9. The Morgan fingerprint density at radius 1 is 1.22 bits per heavy atom. The number of rotatable bonds is 6. The molecule has 0 aliphatic carbocycles. The summed E-state index contributed by atoms with van der Waals surface area (Å²) in [6.45, 7) is 3.50. The summed E-state index contributed by atoms with van der Waals surface area (Å²) in [4.78, 5) is 16.4. The second kappa shape index (κ2) is 8.08. The van der Waals surface area contributed by atoms with Gasteiger partial charge in [0.2, 0.25) is 5.91 Å². The Bertz CT molecular complexity index is 637. The van der Waals surface area contributed by atoms with Crippen LogP contribution in [0.5, 0.6) is 0 Å². The number of carbonyl (C=O) groups is 1. The van der Waals surface area contributed by atoms with Gasteiger partial charge in [-0.25, -0.2) is 9.37 Å². The maximum atomic E-state index is 12.9. The highest BCUT2D eigenvalue weighted by atomic mass is 32.2. The zero-order valence-electron chi connectivity index (χ0n) is 12.9. The van der Waals surface area contributed by atoms with E-state index in [1.165, 1.54) is 36.0 Å². The summed E-state index contributed by atoms with van der Waals surface area (Å²) >= 11 is 1.35. The Balaban J connectivity index is 1.92. The number of hydrogen-bond acceptors (Lipinski definition) is 4. The van der Waals surface area contributed by atoms with E-state index in [1.807, 2.05) is 18.2 Å². The van der Waals surface area contributed by atoms with E-state index in [9.17, 15) is 14.3 Å². The first-order chi connectivity index (χ1) is 11.0. The predicted molar refractivity (Wildman–Crippen MR) is 88.5 cm³/mol. The average Bonchev–Trinajstić information content (AvgIpc) is 2.55. The van der Waals surface area contributed by atoms with Crippen LogP contribution in [0.4, 0.5) is 4.39 Å². The number of nitrogens with one attached hydrogen (secondary N) is 1. The van der Waals surface area contributed by atoms with E-state index in [1.54, 1.807) is 20.0 Å². The summed E-state index contributed by atoms with van der Waals surface area (Å²) in [7, 11) is 0. The number of aromatic nitrogens is 1. The highest BCUT2D eigenvalue weighted by Gasteiger charge is 2.22. The lowest BCUT2D eigenvalue weighted by molar-refractivity contribution is -0.121. The van der Waals surface area contributed by atoms with Crippen molar-refractivity contribution in [3.05, 3.63) is 60.0 Å². The van der Waals surface area contributed by atoms with Crippen molar-refractivity contribution in [3.8, 4) is 0 Å². The normalized spacial score (nSPS) is 14.8. The number of aliphatic hydroxyl groups excluding tert-OH is 1. The molecule has 0 aliphatic rings. The molecule has 4 nitrogen and oxygen atoms in total. The molecule has 3 unspecified atom stereocenters. The standard InChI is InChI=1S/C17H19FN2O2S/c1-11(16(21)13-6-8-14(18)9-7-13)20-17(22)12(2)23-15-5-3-4-10-19-15/h3-12,16,21H,1-2H3,(H,20,22). The number of pyridine rings is 1. The van der Waals surface area contributed by atoms with Crippen LogP contribution in [0, 0.1) is 5.82 Å². The number of nitrogens with zero attached hydrogens (tertiary/aromatic N) is 1. The summed E-state index contributed by atoms with van der Waals surface area (Å²) < 4.78 is 12.9. The zero-order chi connectivity index (χ0) is 16.8. The number of hydrogen-bond donors (Lipinski definition) is 2. The molecule has 2 N–H and O–H groups in total. The molecule has 6 heteroatoms. The highest BCUT2D eigenvalue weighted by molar-refractivity contribution is 8.00. The van der Waals surface area contributed by atoms with E-state index in [2.05, 4.69) is 10.3 Å². The Morgan fingerprint density at radius 3 is 2.52 bits per heavy atom. The lowest BCUT2D eigenvalue weighted by atomic mass is 10.0. The molecular formula is C17H19FN2O2S. The third-order valence-corrected chi connectivity index (χ3v) is 4.41. The van der Waals surface area contributed by atoms with Crippen molar-refractivity contribution in [3.63, 3.8) is 0 Å². The minimum absolute atomic E-state index is 0.186.